The van der Waals surface area contributed by atoms with E-state index in [-0.39, 0.29) is 68.2 Å². The van der Waals surface area contributed by atoms with Gasteiger partial charge in [0.25, 0.3) is 0 Å². The summed E-state index contributed by atoms with van der Waals surface area (Å²) < 4.78 is 55.1. The fourth-order valence-corrected chi connectivity index (χ4v) is 6.93. The summed E-state index contributed by atoms with van der Waals surface area (Å²) in [6.45, 7) is 7.61. The van der Waals surface area contributed by atoms with Crippen molar-refractivity contribution < 1.29 is 87.3 Å². The summed E-state index contributed by atoms with van der Waals surface area (Å²) in [5.74, 6) is 0.0937. The van der Waals surface area contributed by atoms with E-state index >= 15 is 0 Å². The van der Waals surface area contributed by atoms with Crippen LogP contribution in [0.15, 0.2) is 58.3 Å². The molecule has 0 amide bonds. The molecule has 2 aromatic carbocycles. The summed E-state index contributed by atoms with van der Waals surface area (Å²) >= 11 is 7.59. The van der Waals surface area contributed by atoms with Gasteiger partial charge in [0, 0.05) is 29.8 Å². The number of alkyl halides is 1. The molecular formula is C28H40BrKO8S4. The van der Waals surface area contributed by atoms with E-state index in [1.54, 1.807) is 36.4 Å². The number of rotatable bonds is 14. The Morgan fingerprint density at radius 1 is 0.714 bits per heavy atom. The van der Waals surface area contributed by atoms with E-state index in [2.05, 4.69) is 27.6 Å². The third kappa shape index (κ3) is 24.4. The molecule has 0 aromatic heterocycles. The number of carbonyl (C=O) groups excluding carboxylic acids is 2. The van der Waals surface area contributed by atoms with Gasteiger partial charge in [0.05, 0.1) is 27.0 Å². The molecule has 0 saturated carbocycles. The Balaban J connectivity index is 0. The Labute approximate surface area is 311 Å². The summed E-state index contributed by atoms with van der Waals surface area (Å²) in [5.41, 5.74) is 2.06. The molecule has 0 bridgehead atoms. The van der Waals surface area contributed by atoms with E-state index in [9.17, 15) is 26.4 Å². The number of carbonyl (C=O) groups is 2. The molecule has 232 valence electrons. The zero-order valence-corrected chi connectivity index (χ0v) is 32.9. The molecule has 0 radical (unpaired) electrons. The molecule has 0 aliphatic carbocycles. The van der Waals surface area contributed by atoms with Crippen LogP contribution in [0.5, 0.6) is 0 Å². The molecule has 2 rings (SSSR count). The van der Waals surface area contributed by atoms with Crippen LogP contribution in [0.3, 0.4) is 0 Å². The predicted octanol–water partition coefficient (Wildman–Crippen LogP) is 3.50. The van der Waals surface area contributed by atoms with Gasteiger partial charge in [0.15, 0.2) is 0 Å². The second kappa shape index (κ2) is 25.3. The van der Waals surface area contributed by atoms with Crippen LogP contribution in [-0.2, 0) is 48.5 Å². The van der Waals surface area contributed by atoms with Gasteiger partial charge in [-0.2, -0.15) is 0 Å². The Bertz CT molecular complexity index is 1240. The van der Waals surface area contributed by atoms with Gasteiger partial charge >= 0.3 is 63.3 Å². The second-order valence-electron chi connectivity index (χ2n) is 8.85. The normalized spacial score (nSPS) is 10.6. The maximum Gasteiger partial charge on any atom is 1.00 e. The summed E-state index contributed by atoms with van der Waals surface area (Å²) in [4.78, 5) is 21.3. The average Bonchev–Trinajstić information content (AvgIpc) is 2.88. The van der Waals surface area contributed by atoms with Crippen molar-refractivity contribution in [3.05, 3.63) is 59.7 Å². The van der Waals surface area contributed by atoms with Gasteiger partial charge in [-0.1, -0.05) is 51.3 Å². The number of unbranched alkanes of at least 4 members (excludes halogenated alkanes) is 4. The van der Waals surface area contributed by atoms with Crippen molar-refractivity contribution in [3.8, 4) is 0 Å². The van der Waals surface area contributed by atoms with Crippen molar-refractivity contribution in [3.63, 3.8) is 0 Å². The monoisotopic (exact) mass is 750 g/mol. The first-order valence-electron chi connectivity index (χ1n) is 13.0. The minimum absolute atomic E-state index is 0. The standard InChI is InChI=1S/C14H20O4S2.C7H13BrO2.C7H8O2S2.K/c1-12-6-8-14(9-7-12)20(16,17)19-11-5-3-4-10-18-13(2)15;1-7(9)10-6-4-2-3-5-8;1-6-2-4-7(5-3-6)11(8,9)10;/h6-9H,3-5,10-11H2,1-2H3;2-6H2,1H3;2-5H,1H3,(H,8,9,10);/q;;;+1/p-1. The number of ether oxygens (including phenoxy) is 2. The number of aryl methyl sites for hydroxylation is 2. The summed E-state index contributed by atoms with van der Waals surface area (Å²) in [6.07, 6.45) is 5.66. The SMILES string of the molecule is CC(=O)OCCCCCBr.CC(=O)OCCCCCSS(=O)(=O)c1ccc(C)cc1.Cc1ccc(S(=O)(=O)[S-])cc1.[K+]. The summed E-state index contributed by atoms with van der Waals surface area (Å²) in [5, 5.41) is 1.03. The van der Waals surface area contributed by atoms with Crippen molar-refractivity contribution in [2.45, 2.75) is 76.0 Å². The van der Waals surface area contributed by atoms with Gasteiger partial charge in [-0.3, -0.25) is 9.59 Å². The van der Waals surface area contributed by atoms with Crippen LogP contribution in [0.2, 0.25) is 0 Å². The third-order valence-electron chi connectivity index (χ3n) is 5.04. The van der Waals surface area contributed by atoms with Crippen molar-refractivity contribution in [1.29, 1.82) is 0 Å². The van der Waals surface area contributed by atoms with Crippen LogP contribution in [0.25, 0.3) is 0 Å². The predicted molar refractivity (Wildman–Crippen MR) is 171 cm³/mol. The van der Waals surface area contributed by atoms with Gasteiger partial charge in [0.1, 0.15) is 0 Å². The largest absolute Gasteiger partial charge is 1.00 e. The molecule has 0 fully saturated rings. The fraction of sp³-hybridized carbons (Fsp3) is 0.500. The van der Waals surface area contributed by atoms with E-state index < -0.39 is 17.7 Å². The molecule has 8 nitrogen and oxygen atoms in total. The average molecular weight is 752 g/mol. The maximum atomic E-state index is 12.0. The zero-order chi connectivity index (χ0) is 31.3. The number of hydrogen-bond acceptors (Lipinski definition) is 10. The second-order valence-corrected chi connectivity index (χ2v) is 16.4. The van der Waals surface area contributed by atoms with Gasteiger partial charge in [-0.15, -0.1) is 0 Å². The first-order chi connectivity index (χ1) is 19.2. The van der Waals surface area contributed by atoms with Crippen LogP contribution in [0, 0.1) is 13.8 Å². The maximum absolute atomic E-state index is 12.0. The molecule has 42 heavy (non-hydrogen) atoms. The van der Waals surface area contributed by atoms with E-state index in [0.29, 0.717) is 23.9 Å². The van der Waals surface area contributed by atoms with Gasteiger partial charge < -0.3 is 21.1 Å². The third-order valence-corrected chi connectivity index (χ3v) is 10.6. The summed E-state index contributed by atoms with van der Waals surface area (Å²) in [7, 11) is -5.72. The van der Waals surface area contributed by atoms with Crippen molar-refractivity contribution in [2.75, 3.05) is 24.3 Å². The Hall–Kier alpha value is 0.0964. The van der Waals surface area contributed by atoms with Crippen molar-refractivity contribution in [2.24, 2.45) is 0 Å². The van der Waals surface area contributed by atoms with Gasteiger partial charge in [0.2, 0.25) is 8.87 Å². The molecular weight excluding hydrogens is 712 g/mol. The van der Waals surface area contributed by atoms with Gasteiger partial charge in [-0.25, -0.2) is 16.8 Å². The zero-order valence-electron chi connectivity index (χ0n) is 25.0. The first-order valence-corrected chi connectivity index (χ1v) is 19.5. The number of halogens is 1. The van der Waals surface area contributed by atoms with Crippen molar-refractivity contribution in [1.82, 2.24) is 0 Å². The quantitative estimate of drug-likeness (QED) is 0.0709. The van der Waals surface area contributed by atoms with Crippen LogP contribution < -0.4 is 51.4 Å². The first kappa shape index (κ1) is 44.2. The van der Waals surface area contributed by atoms with Crippen LogP contribution >= 0.6 is 26.7 Å². The molecule has 0 saturated heterocycles. The smallest absolute Gasteiger partial charge is 0.644 e. The molecule has 0 N–H and O–H groups in total. The van der Waals surface area contributed by atoms with E-state index in [1.807, 2.05) is 13.8 Å². The Morgan fingerprint density at radius 2 is 1.12 bits per heavy atom. The van der Waals surface area contributed by atoms with Crippen LogP contribution in [0.4, 0.5) is 0 Å². The molecule has 0 aliphatic heterocycles. The molecule has 0 spiro atoms. The minimum Gasteiger partial charge on any atom is -0.644 e. The number of benzene rings is 2. The van der Waals surface area contributed by atoms with Gasteiger partial charge in [-0.05, 0) is 87.4 Å². The number of hydrogen-bond donors (Lipinski definition) is 0. The molecule has 0 atom stereocenters. The van der Waals surface area contributed by atoms with Crippen LogP contribution in [0.1, 0.15) is 63.5 Å². The summed E-state index contributed by atoms with van der Waals surface area (Å²) in [6, 6.07) is 13.3. The Kier molecular flexibility index (Phi) is 26.6. The van der Waals surface area contributed by atoms with E-state index in [4.69, 9.17) is 9.47 Å². The molecule has 14 heteroatoms. The Morgan fingerprint density at radius 3 is 1.50 bits per heavy atom. The topological polar surface area (TPSA) is 121 Å². The minimum atomic E-state index is -3.44. The number of esters is 2. The van der Waals surface area contributed by atoms with Crippen LogP contribution in [-0.4, -0.2) is 53.1 Å². The van der Waals surface area contributed by atoms with Crippen molar-refractivity contribution >= 4 is 68.1 Å². The molecule has 0 aliphatic rings. The molecule has 2 aromatic rings. The van der Waals surface area contributed by atoms with E-state index in [1.165, 1.54) is 26.0 Å². The van der Waals surface area contributed by atoms with E-state index in [0.717, 1.165) is 65.8 Å². The molecule has 0 unspecified atom stereocenters. The fourth-order valence-electron chi connectivity index (χ4n) is 2.83. The molecule has 0 heterocycles.